The fourth-order valence-corrected chi connectivity index (χ4v) is 6.04. The van der Waals surface area contributed by atoms with Crippen LogP contribution in [0.15, 0.2) is 60.7 Å². The van der Waals surface area contributed by atoms with Crippen LogP contribution in [0.3, 0.4) is 0 Å². The van der Waals surface area contributed by atoms with E-state index in [1.54, 1.807) is 38.6 Å². The number of methoxy groups -OCH3 is 1. The largest absolute Gasteiger partial charge is 0.508 e. The normalized spacial score (nSPS) is 13.2. The molecule has 0 bridgehead atoms. The molecule has 4 aromatic rings. The van der Waals surface area contributed by atoms with Crippen LogP contribution in [0.1, 0.15) is 24.0 Å². The zero-order valence-electron chi connectivity index (χ0n) is 21.5. The summed E-state index contributed by atoms with van der Waals surface area (Å²) in [6.45, 7) is 2.15. The highest BCUT2D eigenvalue weighted by atomic mass is 32.1. The number of phenols is 1. The number of carbonyl (C=O) groups excluding carboxylic acids is 1. The molecular formula is C30H32N2O4S. The second-order valence-corrected chi connectivity index (χ2v) is 10.6. The molecule has 1 aliphatic rings. The van der Waals surface area contributed by atoms with Crippen LogP contribution in [-0.2, 0) is 11.2 Å². The Balaban J connectivity index is 1.47. The summed E-state index contributed by atoms with van der Waals surface area (Å²) in [5, 5.41) is 11.2. The molecule has 5 rings (SSSR count). The van der Waals surface area contributed by atoms with Gasteiger partial charge in [0.25, 0.3) is 5.91 Å². The molecule has 0 spiro atoms. The van der Waals surface area contributed by atoms with Gasteiger partial charge in [-0.15, -0.1) is 11.3 Å². The highest BCUT2D eigenvalue weighted by molar-refractivity contribution is 7.22. The number of nitrogens with zero attached hydrogens (tertiary/aromatic N) is 2. The van der Waals surface area contributed by atoms with Gasteiger partial charge in [-0.05, 0) is 95.9 Å². The van der Waals surface area contributed by atoms with Crippen molar-refractivity contribution in [1.82, 2.24) is 4.90 Å². The predicted molar refractivity (Wildman–Crippen MR) is 150 cm³/mol. The lowest BCUT2D eigenvalue weighted by Gasteiger charge is -2.21. The number of ether oxygens (including phenoxy) is 2. The Morgan fingerprint density at radius 2 is 1.78 bits per heavy atom. The lowest BCUT2D eigenvalue weighted by Crippen LogP contribution is -2.27. The van der Waals surface area contributed by atoms with E-state index in [1.165, 1.54) is 28.9 Å². The SMILES string of the molecule is COc1cc(Cc2c(-c3ccc(OCC(=O)N(C)C)cc3)sc3cc(O)ccc23)ccc1N1CCCC1. The van der Waals surface area contributed by atoms with E-state index in [1.807, 2.05) is 36.4 Å². The number of anilines is 1. The molecule has 37 heavy (non-hydrogen) atoms. The van der Waals surface area contributed by atoms with E-state index in [9.17, 15) is 9.90 Å². The van der Waals surface area contributed by atoms with Crippen molar-refractivity contribution in [3.63, 3.8) is 0 Å². The first kappa shape index (κ1) is 25.0. The molecule has 192 valence electrons. The van der Waals surface area contributed by atoms with Crippen LogP contribution in [0, 0.1) is 0 Å². The maximum Gasteiger partial charge on any atom is 0.259 e. The molecule has 1 fully saturated rings. The number of likely N-dealkylation sites (N-methyl/N-ethyl adjacent to an activating group) is 1. The number of hydrogen-bond acceptors (Lipinski definition) is 6. The number of rotatable bonds is 8. The maximum atomic E-state index is 11.9. The standard InChI is InChI=1S/C30H32N2O4S/c1-31(2)29(34)19-36-23-10-7-21(8-11-23)30-25(24-12-9-22(33)18-28(24)37-30)16-20-6-13-26(27(17-20)35-3)32-14-4-5-15-32/h6-13,17-18,33H,4-5,14-16,19H2,1-3H3. The molecule has 1 saturated heterocycles. The molecule has 1 aliphatic heterocycles. The molecule has 0 saturated carbocycles. The lowest BCUT2D eigenvalue weighted by molar-refractivity contribution is -0.130. The number of phenolic OH excluding ortho intramolecular Hbond substituents is 1. The maximum absolute atomic E-state index is 11.9. The molecule has 0 radical (unpaired) electrons. The van der Waals surface area contributed by atoms with Crippen molar-refractivity contribution in [3.8, 4) is 27.7 Å². The smallest absolute Gasteiger partial charge is 0.259 e. The average Bonchev–Trinajstić information content (AvgIpc) is 3.56. The van der Waals surface area contributed by atoms with Crippen molar-refractivity contribution in [3.05, 3.63) is 71.8 Å². The lowest BCUT2D eigenvalue weighted by atomic mass is 9.98. The van der Waals surface area contributed by atoms with Crippen LogP contribution in [0.25, 0.3) is 20.5 Å². The van der Waals surface area contributed by atoms with Gasteiger partial charge in [-0.3, -0.25) is 4.79 Å². The van der Waals surface area contributed by atoms with Gasteiger partial charge in [0, 0.05) is 36.8 Å². The molecule has 1 amide bonds. The Hall–Kier alpha value is -3.71. The number of hydrogen-bond donors (Lipinski definition) is 1. The van der Waals surface area contributed by atoms with E-state index >= 15 is 0 Å². The van der Waals surface area contributed by atoms with E-state index in [0.29, 0.717) is 5.75 Å². The number of amides is 1. The Labute approximate surface area is 221 Å². The summed E-state index contributed by atoms with van der Waals surface area (Å²) < 4.78 is 12.5. The van der Waals surface area contributed by atoms with Gasteiger partial charge in [0.2, 0.25) is 0 Å². The number of aromatic hydroxyl groups is 1. The first-order chi connectivity index (χ1) is 17.9. The third kappa shape index (κ3) is 5.37. The van der Waals surface area contributed by atoms with Crippen LogP contribution in [-0.4, -0.2) is 56.8 Å². The monoisotopic (exact) mass is 516 g/mol. The summed E-state index contributed by atoms with van der Waals surface area (Å²) in [5.41, 5.74) is 4.62. The molecule has 7 heteroatoms. The second kappa shape index (κ2) is 10.7. The summed E-state index contributed by atoms with van der Waals surface area (Å²) in [4.78, 5) is 16.9. The summed E-state index contributed by atoms with van der Waals surface area (Å²) in [7, 11) is 5.17. The van der Waals surface area contributed by atoms with Crippen LogP contribution in [0.2, 0.25) is 0 Å². The zero-order valence-corrected chi connectivity index (χ0v) is 22.3. The van der Waals surface area contributed by atoms with Crippen molar-refractivity contribution in [2.75, 3.05) is 45.8 Å². The Morgan fingerprint density at radius 3 is 2.49 bits per heavy atom. The van der Waals surface area contributed by atoms with Gasteiger partial charge in [-0.25, -0.2) is 0 Å². The van der Waals surface area contributed by atoms with Gasteiger partial charge in [-0.1, -0.05) is 6.07 Å². The summed E-state index contributed by atoms with van der Waals surface area (Å²) in [6.07, 6.45) is 3.18. The first-order valence-electron chi connectivity index (χ1n) is 12.5. The Kier molecular flexibility index (Phi) is 7.24. The molecule has 1 N–H and O–H groups in total. The van der Waals surface area contributed by atoms with Gasteiger partial charge in [0.1, 0.15) is 17.2 Å². The molecule has 6 nitrogen and oxygen atoms in total. The van der Waals surface area contributed by atoms with Crippen LogP contribution in [0.4, 0.5) is 5.69 Å². The van der Waals surface area contributed by atoms with Crippen LogP contribution < -0.4 is 14.4 Å². The van der Waals surface area contributed by atoms with Gasteiger partial charge in [0.15, 0.2) is 6.61 Å². The van der Waals surface area contributed by atoms with Crippen LogP contribution in [0.5, 0.6) is 17.2 Å². The molecule has 0 aliphatic carbocycles. The molecule has 0 unspecified atom stereocenters. The van der Waals surface area contributed by atoms with Gasteiger partial charge in [0.05, 0.1) is 12.8 Å². The number of carbonyl (C=O) groups is 1. The van der Waals surface area contributed by atoms with Crippen molar-refractivity contribution < 1.29 is 19.4 Å². The minimum absolute atomic E-state index is 0.00895. The molecule has 0 atom stereocenters. The Morgan fingerprint density at radius 1 is 1.03 bits per heavy atom. The van der Waals surface area contributed by atoms with Crippen molar-refractivity contribution in [1.29, 1.82) is 0 Å². The summed E-state index contributed by atoms with van der Waals surface area (Å²) in [5.74, 6) is 1.74. The van der Waals surface area contributed by atoms with E-state index in [-0.39, 0.29) is 18.3 Å². The topological polar surface area (TPSA) is 62.2 Å². The van der Waals surface area contributed by atoms with E-state index < -0.39 is 0 Å². The van der Waals surface area contributed by atoms with E-state index in [0.717, 1.165) is 51.5 Å². The highest BCUT2D eigenvalue weighted by Gasteiger charge is 2.19. The molecule has 3 aromatic carbocycles. The van der Waals surface area contributed by atoms with Gasteiger partial charge < -0.3 is 24.4 Å². The number of fused-ring (bicyclic) bond motifs is 1. The summed E-state index contributed by atoms with van der Waals surface area (Å²) >= 11 is 1.67. The third-order valence-corrected chi connectivity index (χ3v) is 8.07. The highest BCUT2D eigenvalue weighted by Crippen LogP contribution is 2.42. The van der Waals surface area contributed by atoms with Crippen molar-refractivity contribution >= 4 is 33.0 Å². The Bertz CT molecular complexity index is 1410. The number of thiophene rings is 1. The van der Waals surface area contributed by atoms with E-state index in [2.05, 4.69) is 23.1 Å². The zero-order chi connectivity index (χ0) is 25.9. The predicted octanol–water partition coefficient (Wildman–Crippen LogP) is 5.94. The molecule has 1 aromatic heterocycles. The summed E-state index contributed by atoms with van der Waals surface area (Å²) in [6, 6.07) is 20.0. The van der Waals surface area contributed by atoms with Crippen molar-refractivity contribution in [2.24, 2.45) is 0 Å². The van der Waals surface area contributed by atoms with Gasteiger partial charge >= 0.3 is 0 Å². The number of benzene rings is 3. The van der Waals surface area contributed by atoms with Crippen LogP contribution >= 0.6 is 11.3 Å². The first-order valence-corrected chi connectivity index (χ1v) is 13.3. The molecular weight excluding hydrogens is 484 g/mol. The van der Waals surface area contributed by atoms with Crippen molar-refractivity contribution in [2.45, 2.75) is 19.3 Å². The van der Waals surface area contributed by atoms with Gasteiger partial charge in [-0.2, -0.15) is 0 Å². The third-order valence-electron chi connectivity index (χ3n) is 6.83. The fourth-order valence-electron chi connectivity index (χ4n) is 4.78. The molecule has 2 heterocycles. The minimum Gasteiger partial charge on any atom is -0.508 e. The quantitative estimate of drug-likeness (QED) is 0.314. The second-order valence-electron chi connectivity index (χ2n) is 9.57. The fraction of sp³-hybridized carbons (Fsp3) is 0.300. The average molecular weight is 517 g/mol. The van der Waals surface area contributed by atoms with E-state index in [4.69, 9.17) is 9.47 Å². The minimum atomic E-state index is -0.0816.